The number of aliphatic imine (C=N–C) groups is 1. The summed E-state index contributed by atoms with van der Waals surface area (Å²) in [6, 6.07) is 3.62. The van der Waals surface area contributed by atoms with Gasteiger partial charge in [-0.3, -0.25) is 4.99 Å². The lowest BCUT2D eigenvalue weighted by molar-refractivity contribution is 0.259. The Labute approximate surface area is 176 Å². The third-order valence-corrected chi connectivity index (χ3v) is 6.12. The van der Waals surface area contributed by atoms with E-state index < -0.39 is 10.0 Å². The molecule has 0 aliphatic carbocycles. The molecule has 0 bridgehead atoms. The summed E-state index contributed by atoms with van der Waals surface area (Å²) in [6.45, 7) is 2.70. The third kappa shape index (κ3) is 5.69. The van der Waals surface area contributed by atoms with E-state index in [1.165, 1.54) is 16.1 Å². The highest BCUT2D eigenvalue weighted by molar-refractivity contribution is 14.0. The molecule has 0 aromatic carbocycles. The average Bonchev–Trinajstić information content (AvgIpc) is 3.27. The van der Waals surface area contributed by atoms with Crippen LogP contribution in [-0.4, -0.2) is 66.5 Å². The molecule has 0 saturated carbocycles. The van der Waals surface area contributed by atoms with Crippen LogP contribution in [0.25, 0.3) is 0 Å². The van der Waals surface area contributed by atoms with E-state index >= 15 is 0 Å². The van der Waals surface area contributed by atoms with Crippen LogP contribution in [-0.2, 0) is 29.4 Å². The first kappa shape index (κ1) is 21.7. The lowest BCUT2D eigenvalue weighted by atomic mass is 10.3. The number of aromatic nitrogens is 2. The highest BCUT2D eigenvalue weighted by Gasteiger charge is 2.28. The maximum Gasteiger partial charge on any atom is 0.220 e. The highest BCUT2D eigenvalue weighted by atomic mass is 127. The molecule has 11 heteroatoms. The molecule has 1 saturated heterocycles. The molecule has 0 amide bonds. The minimum absolute atomic E-state index is 0. The number of halogens is 1. The molecule has 3 rings (SSSR count). The minimum atomic E-state index is -3.39. The molecule has 0 spiro atoms. The average molecular weight is 508 g/mol. The molecule has 2 aromatic rings. The van der Waals surface area contributed by atoms with Crippen LogP contribution in [0.5, 0.6) is 0 Å². The van der Waals surface area contributed by atoms with Crippen LogP contribution >= 0.6 is 24.0 Å². The zero-order chi connectivity index (χ0) is 18.6. The van der Waals surface area contributed by atoms with Crippen molar-refractivity contribution in [3.8, 4) is 0 Å². The summed E-state index contributed by atoms with van der Waals surface area (Å²) in [7, 11) is 0.327. The normalized spacial score (nSPS) is 16.2. The lowest BCUT2D eigenvalue weighted by Gasteiger charge is -2.35. The largest absolute Gasteiger partial charge is 0.364 e. The van der Waals surface area contributed by atoms with Gasteiger partial charge in [-0.2, -0.15) is 4.31 Å². The molecule has 27 heavy (non-hydrogen) atoms. The molecular formula is C16H25IN6O3S. The second-order valence-electron chi connectivity index (χ2n) is 6.22. The molecule has 1 N–H and O–H groups in total. The van der Waals surface area contributed by atoms with Gasteiger partial charge in [-0.25, -0.2) is 8.42 Å². The zero-order valence-corrected chi connectivity index (χ0v) is 18.6. The molecule has 0 radical (unpaired) electrons. The maximum absolute atomic E-state index is 12.5. The van der Waals surface area contributed by atoms with Crippen LogP contribution in [0.15, 0.2) is 40.3 Å². The summed E-state index contributed by atoms with van der Waals surface area (Å²) >= 11 is 0. The molecule has 9 nitrogen and oxygen atoms in total. The number of hydrogen-bond donors (Lipinski definition) is 1. The van der Waals surface area contributed by atoms with E-state index in [-0.39, 0.29) is 29.7 Å². The minimum Gasteiger partial charge on any atom is -0.364 e. The number of nitrogens with one attached hydrogen (secondary N) is 1. The Morgan fingerprint density at radius 2 is 2.04 bits per heavy atom. The van der Waals surface area contributed by atoms with E-state index in [0.717, 1.165) is 5.96 Å². The van der Waals surface area contributed by atoms with Crippen molar-refractivity contribution in [2.24, 2.45) is 12.0 Å². The van der Waals surface area contributed by atoms with Gasteiger partial charge in [0.1, 0.15) is 12.0 Å². The van der Waals surface area contributed by atoms with Gasteiger partial charge in [0.05, 0.1) is 5.69 Å². The van der Waals surface area contributed by atoms with Gasteiger partial charge >= 0.3 is 0 Å². The third-order valence-electron chi connectivity index (χ3n) is 4.31. The Balaban J connectivity index is 0.00000261. The summed E-state index contributed by atoms with van der Waals surface area (Å²) in [5.74, 6) is 0.646. The lowest BCUT2D eigenvalue weighted by Crippen LogP contribution is -2.53. The zero-order valence-electron chi connectivity index (χ0n) is 15.4. The van der Waals surface area contributed by atoms with E-state index in [0.29, 0.717) is 38.4 Å². The first-order valence-corrected chi connectivity index (χ1v) is 10.0. The first-order chi connectivity index (χ1) is 12.5. The summed E-state index contributed by atoms with van der Waals surface area (Å²) in [4.78, 5) is 6.39. The summed E-state index contributed by atoms with van der Waals surface area (Å²) in [6.07, 6.45) is 5.43. The fourth-order valence-corrected chi connectivity index (χ4v) is 4.37. The summed E-state index contributed by atoms with van der Waals surface area (Å²) in [5.41, 5.74) is 1.59. The second-order valence-corrected chi connectivity index (χ2v) is 8.19. The Hall–Kier alpha value is -1.60. The SMILES string of the molecule is CN=C(NCc1ccn(C)c1)N1CCN(S(=O)(=O)Cc2ccon2)CC1.I. The monoisotopic (exact) mass is 508 g/mol. The number of rotatable bonds is 5. The van der Waals surface area contributed by atoms with Crippen molar-refractivity contribution in [1.29, 1.82) is 0 Å². The van der Waals surface area contributed by atoms with Crippen molar-refractivity contribution in [3.63, 3.8) is 0 Å². The van der Waals surface area contributed by atoms with Gasteiger partial charge in [-0.1, -0.05) is 5.16 Å². The van der Waals surface area contributed by atoms with Gasteiger partial charge in [0, 0.05) is 65.3 Å². The number of aryl methyl sites for hydroxylation is 1. The number of guanidine groups is 1. The molecular weight excluding hydrogens is 483 g/mol. The molecule has 0 unspecified atom stereocenters. The van der Waals surface area contributed by atoms with Crippen molar-refractivity contribution in [3.05, 3.63) is 42.0 Å². The highest BCUT2D eigenvalue weighted by Crippen LogP contribution is 2.13. The van der Waals surface area contributed by atoms with Crippen LogP contribution < -0.4 is 5.32 Å². The molecule has 3 heterocycles. The van der Waals surface area contributed by atoms with Crippen LogP contribution in [0.4, 0.5) is 0 Å². The Bertz CT molecular complexity index is 841. The Kier molecular flexibility index (Phi) is 7.68. The summed E-state index contributed by atoms with van der Waals surface area (Å²) < 4.78 is 33.2. The summed E-state index contributed by atoms with van der Waals surface area (Å²) in [5, 5.41) is 7.02. The number of nitrogens with zero attached hydrogens (tertiary/aromatic N) is 5. The van der Waals surface area contributed by atoms with Crippen LogP contribution in [0, 0.1) is 0 Å². The van der Waals surface area contributed by atoms with Gasteiger partial charge in [0.2, 0.25) is 10.0 Å². The fourth-order valence-electron chi connectivity index (χ4n) is 2.95. The van der Waals surface area contributed by atoms with Gasteiger partial charge < -0.3 is 19.3 Å². The smallest absolute Gasteiger partial charge is 0.220 e. The number of hydrogen-bond acceptors (Lipinski definition) is 5. The predicted molar refractivity (Wildman–Crippen MR) is 113 cm³/mol. The van der Waals surface area contributed by atoms with E-state index in [2.05, 4.69) is 32.6 Å². The fraction of sp³-hybridized carbons (Fsp3) is 0.500. The standard InChI is InChI=1S/C16H24N6O3S.HI/c1-17-16(18-11-14-3-5-20(2)12-14)21-6-8-22(9-7-21)26(23,24)13-15-4-10-25-19-15;/h3-5,10,12H,6-9,11,13H2,1-2H3,(H,17,18);1H. The van der Waals surface area contributed by atoms with E-state index in [1.807, 2.05) is 17.8 Å². The number of piperazine rings is 1. The van der Waals surface area contributed by atoms with Crippen molar-refractivity contribution in [2.45, 2.75) is 12.3 Å². The van der Waals surface area contributed by atoms with E-state index in [9.17, 15) is 8.42 Å². The van der Waals surface area contributed by atoms with Crippen LogP contribution in [0.2, 0.25) is 0 Å². The van der Waals surface area contributed by atoms with Crippen molar-refractivity contribution in [2.75, 3.05) is 33.2 Å². The van der Waals surface area contributed by atoms with Crippen LogP contribution in [0.1, 0.15) is 11.3 Å². The van der Waals surface area contributed by atoms with E-state index in [1.54, 1.807) is 13.1 Å². The molecule has 1 fully saturated rings. The quantitative estimate of drug-likeness (QED) is 0.366. The van der Waals surface area contributed by atoms with Gasteiger partial charge in [-0.15, -0.1) is 24.0 Å². The van der Waals surface area contributed by atoms with Crippen LogP contribution in [0.3, 0.4) is 0 Å². The van der Waals surface area contributed by atoms with Gasteiger partial charge in [-0.05, 0) is 11.6 Å². The van der Waals surface area contributed by atoms with Crippen molar-refractivity contribution in [1.82, 2.24) is 24.2 Å². The first-order valence-electron chi connectivity index (χ1n) is 8.41. The molecule has 2 aromatic heterocycles. The van der Waals surface area contributed by atoms with Gasteiger partial charge in [0.25, 0.3) is 0 Å². The molecule has 150 valence electrons. The maximum atomic E-state index is 12.5. The molecule has 0 atom stereocenters. The molecule has 1 aliphatic rings. The topological polar surface area (TPSA) is 96.0 Å². The van der Waals surface area contributed by atoms with Crippen molar-refractivity contribution < 1.29 is 12.9 Å². The predicted octanol–water partition coefficient (Wildman–Crippen LogP) is 0.854. The van der Waals surface area contributed by atoms with Gasteiger partial charge in [0.15, 0.2) is 5.96 Å². The molecule has 1 aliphatic heterocycles. The Morgan fingerprint density at radius 1 is 1.30 bits per heavy atom. The Morgan fingerprint density at radius 3 is 2.59 bits per heavy atom. The van der Waals surface area contributed by atoms with Crippen molar-refractivity contribution >= 4 is 40.0 Å². The van der Waals surface area contributed by atoms with E-state index in [4.69, 9.17) is 4.52 Å². The second kappa shape index (κ2) is 9.55. The number of sulfonamides is 1.